The number of allylic oxidation sites excluding steroid dienone is 1. The molecule has 2 aromatic carbocycles. The molecule has 32 heavy (non-hydrogen) atoms. The summed E-state index contributed by atoms with van der Waals surface area (Å²) in [7, 11) is 0. The highest BCUT2D eigenvalue weighted by Gasteiger charge is 2.36. The Morgan fingerprint density at radius 1 is 1.19 bits per heavy atom. The van der Waals surface area contributed by atoms with Crippen LogP contribution in [0, 0.1) is 6.92 Å². The fourth-order valence-corrected chi connectivity index (χ4v) is 4.70. The molecule has 0 N–H and O–H groups in total. The van der Waals surface area contributed by atoms with E-state index in [2.05, 4.69) is 37.8 Å². The second kappa shape index (κ2) is 8.05. The van der Waals surface area contributed by atoms with Gasteiger partial charge in [0.1, 0.15) is 18.2 Å². The molecule has 1 fully saturated rings. The number of nitrogens with zero attached hydrogens (tertiary/aromatic N) is 1. The number of fused-ring (bicyclic) bond motifs is 3. The Morgan fingerprint density at radius 2 is 1.97 bits per heavy atom. The van der Waals surface area contributed by atoms with Crippen LogP contribution in [0.15, 0.2) is 36.1 Å². The first-order valence-electron chi connectivity index (χ1n) is 11.5. The maximum atomic E-state index is 13.2. The van der Waals surface area contributed by atoms with E-state index in [1.165, 1.54) is 5.56 Å². The van der Waals surface area contributed by atoms with Gasteiger partial charge in [-0.25, -0.2) is 0 Å². The Hall–Kier alpha value is -2.63. The molecule has 2 aromatic rings. The van der Waals surface area contributed by atoms with Crippen molar-refractivity contribution >= 4 is 11.9 Å². The highest BCUT2D eigenvalue weighted by Crippen LogP contribution is 2.44. The van der Waals surface area contributed by atoms with Crippen molar-refractivity contribution in [2.45, 2.75) is 58.6 Å². The molecule has 3 aliphatic rings. The summed E-state index contributed by atoms with van der Waals surface area (Å²) < 4.78 is 18.0. The minimum Gasteiger partial charge on any atom is -0.478 e. The first-order valence-corrected chi connectivity index (χ1v) is 11.5. The van der Waals surface area contributed by atoms with Crippen molar-refractivity contribution in [2.75, 3.05) is 19.9 Å². The number of carbonyl (C=O) groups is 1. The summed E-state index contributed by atoms with van der Waals surface area (Å²) in [5, 5.41) is 0. The van der Waals surface area contributed by atoms with Crippen molar-refractivity contribution in [3.63, 3.8) is 0 Å². The molecule has 168 valence electrons. The molecular formula is C27H31NO4. The second-order valence-corrected chi connectivity index (χ2v) is 10.1. The van der Waals surface area contributed by atoms with Crippen LogP contribution in [-0.2, 0) is 16.7 Å². The normalized spacial score (nSPS) is 21.9. The van der Waals surface area contributed by atoms with Crippen molar-refractivity contribution in [1.29, 1.82) is 0 Å². The molecule has 0 spiro atoms. The van der Waals surface area contributed by atoms with E-state index in [9.17, 15) is 4.79 Å². The number of ketones is 1. The van der Waals surface area contributed by atoms with Gasteiger partial charge in [0, 0.05) is 19.7 Å². The van der Waals surface area contributed by atoms with E-state index in [4.69, 9.17) is 14.2 Å². The van der Waals surface area contributed by atoms with Crippen molar-refractivity contribution < 1.29 is 19.0 Å². The van der Waals surface area contributed by atoms with Gasteiger partial charge in [-0.05, 0) is 54.0 Å². The number of hydrogen-bond donors (Lipinski definition) is 0. The van der Waals surface area contributed by atoms with Crippen molar-refractivity contribution in [2.24, 2.45) is 0 Å². The molecule has 0 aliphatic carbocycles. The van der Waals surface area contributed by atoms with Crippen LogP contribution < -0.4 is 9.47 Å². The molecule has 5 nitrogen and oxygen atoms in total. The summed E-state index contributed by atoms with van der Waals surface area (Å²) in [4.78, 5) is 15.5. The Kier molecular flexibility index (Phi) is 5.34. The predicted octanol–water partition coefficient (Wildman–Crippen LogP) is 5.24. The molecule has 1 saturated heterocycles. The smallest absolute Gasteiger partial charge is 0.232 e. The van der Waals surface area contributed by atoms with Gasteiger partial charge < -0.3 is 14.2 Å². The number of hydrogen-bond acceptors (Lipinski definition) is 5. The number of ether oxygens (including phenoxy) is 3. The van der Waals surface area contributed by atoms with Crippen LogP contribution in [0.1, 0.15) is 66.2 Å². The van der Waals surface area contributed by atoms with Crippen LogP contribution in [0.2, 0.25) is 0 Å². The van der Waals surface area contributed by atoms with Gasteiger partial charge in [-0.3, -0.25) is 9.69 Å². The molecular weight excluding hydrogens is 402 g/mol. The van der Waals surface area contributed by atoms with Gasteiger partial charge in [0.05, 0.1) is 17.2 Å². The molecule has 5 rings (SSSR count). The van der Waals surface area contributed by atoms with Gasteiger partial charge in [-0.15, -0.1) is 0 Å². The molecule has 5 heteroatoms. The molecule has 0 bridgehead atoms. The zero-order chi connectivity index (χ0) is 22.5. The Bertz CT molecular complexity index is 1070. The third kappa shape index (κ3) is 3.96. The van der Waals surface area contributed by atoms with E-state index in [0.717, 1.165) is 48.4 Å². The van der Waals surface area contributed by atoms with Crippen molar-refractivity contribution in [3.8, 4) is 11.5 Å². The van der Waals surface area contributed by atoms with E-state index >= 15 is 0 Å². The van der Waals surface area contributed by atoms with Gasteiger partial charge >= 0.3 is 0 Å². The zero-order valence-electron chi connectivity index (χ0n) is 19.4. The summed E-state index contributed by atoms with van der Waals surface area (Å²) >= 11 is 0. The molecule has 1 atom stereocenters. The third-order valence-corrected chi connectivity index (χ3v) is 6.55. The lowest BCUT2D eigenvalue weighted by Crippen LogP contribution is -2.37. The maximum absolute atomic E-state index is 13.2. The van der Waals surface area contributed by atoms with E-state index < -0.39 is 0 Å². The summed E-state index contributed by atoms with van der Waals surface area (Å²) in [5.41, 5.74) is 4.81. The van der Waals surface area contributed by atoms with E-state index in [0.29, 0.717) is 30.3 Å². The maximum Gasteiger partial charge on any atom is 0.232 e. The quantitative estimate of drug-likeness (QED) is 0.620. The van der Waals surface area contributed by atoms with Gasteiger partial charge in [0.2, 0.25) is 5.78 Å². The van der Waals surface area contributed by atoms with Crippen LogP contribution in [0.25, 0.3) is 6.08 Å². The second-order valence-electron chi connectivity index (χ2n) is 10.1. The average Bonchev–Trinajstić information content (AvgIpc) is 3.37. The van der Waals surface area contributed by atoms with Crippen molar-refractivity contribution in [3.05, 3.63) is 63.9 Å². The third-order valence-electron chi connectivity index (χ3n) is 6.55. The standard InChI is InChI=1S/C27H31NO4/c1-17-12-22-21(15-28(16-31-22)14-20-6-5-11-30-20)26-24(17)25(29)23(32-26)13-18-7-9-19(10-8-18)27(2,3)4/h7-10,12-13,20H,5-6,11,14-16H2,1-4H3/b23-13-. The van der Waals surface area contributed by atoms with Gasteiger partial charge in [0.15, 0.2) is 5.76 Å². The summed E-state index contributed by atoms with van der Waals surface area (Å²) in [6.07, 6.45) is 4.31. The molecule has 0 aromatic heterocycles. The summed E-state index contributed by atoms with van der Waals surface area (Å²) in [6.45, 7) is 11.4. The largest absolute Gasteiger partial charge is 0.478 e. The zero-order valence-corrected chi connectivity index (χ0v) is 19.4. The van der Waals surface area contributed by atoms with Crippen LogP contribution in [0.4, 0.5) is 0 Å². The number of carbonyl (C=O) groups excluding carboxylic acids is 1. The van der Waals surface area contributed by atoms with Crippen LogP contribution in [0.3, 0.4) is 0 Å². The van der Waals surface area contributed by atoms with Crippen LogP contribution >= 0.6 is 0 Å². The molecule has 3 aliphatic heterocycles. The first kappa shape index (κ1) is 21.2. The van der Waals surface area contributed by atoms with Crippen LogP contribution in [-0.4, -0.2) is 36.7 Å². The van der Waals surface area contributed by atoms with Crippen molar-refractivity contribution in [1.82, 2.24) is 4.90 Å². The average molecular weight is 434 g/mol. The minimum atomic E-state index is -0.0588. The lowest BCUT2D eigenvalue weighted by molar-refractivity contribution is 0.0273. The highest BCUT2D eigenvalue weighted by atomic mass is 16.5. The van der Waals surface area contributed by atoms with E-state index in [-0.39, 0.29) is 17.3 Å². The Labute approximate surface area is 190 Å². The fraction of sp³-hybridized carbons (Fsp3) is 0.444. The first-order chi connectivity index (χ1) is 15.3. The SMILES string of the molecule is Cc1cc2c(c3c1C(=O)/C(=C/c1ccc(C(C)(C)C)cc1)O3)CN(CC1CCCO1)CO2. The molecule has 0 amide bonds. The lowest BCUT2D eigenvalue weighted by Gasteiger charge is -2.31. The Balaban J connectivity index is 1.42. The predicted molar refractivity (Wildman–Crippen MR) is 124 cm³/mol. The molecule has 0 radical (unpaired) electrons. The fourth-order valence-electron chi connectivity index (χ4n) is 4.70. The number of aryl methyl sites for hydroxylation is 1. The highest BCUT2D eigenvalue weighted by molar-refractivity contribution is 6.15. The monoisotopic (exact) mass is 433 g/mol. The topological polar surface area (TPSA) is 48.0 Å². The number of Topliss-reactive ketones (excluding diaryl/α,β-unsaturated/α-hetero) is 1. The van der Waals surface area contributed by atoms with E-state index in [1.807, 2.05) is 31.2 Å². The number of benzene rings is 2. The van der Waals surface area contributed by atoms with Gasteiger partial charge in [-0.1, -0.05) is 45.0 Å². The Morgan fingerprint density at radius 3 is 2.66 bits per heavy atom. The van der Waals surface area contributed by atoms with Gasteiger partial charge in [0.25, 0.3) is 0 Å². The number of rotatable bonds is 3. The molecule has 3 heterocycles. The summed E-state index contributed by atoms with van der Waals surface area (Å²) in [6, 6.07) is 10.3. The lowest BCUT2D eigenvalue weighted by atomic mass is 9.86. The minimum absolute atomic E-state index is 0.0588. The molecule has 0 saturated carbocycles. The van der Waals surface area contributed by atoms with Crippen LogP contribution in [0.5, 0.6) is 11.5 Å². The summed E-state index contributed by atoms with van der Waals surface area (Å²) in [5.74, 6) is 1.78. The molecule has 1 unspecified atom stereocenters. The van der Waals surface area contributed by atoms with Gasteiger partial charge in [-0.2, -0.15) is 0 Å². The van der Waals surface area contributed by atoms with E-state index in [1.54, 1.807) is 0 Å².